The van der Waals surface area contributed by atoms with E-state index in [1.54, 1.807) is 0 Å². The maximum atomic E-state index is 13.6. The minimum atomic E-state index is -0.820. The molecule has 0 saturated heterocycles. The fourth-order valence-corrected chi connectivity index (χ4v) is 4.25. The van der Waals surface area contributed by atoms with Crippen LogP contribution in [-0.2, 0) is 32.1 Å². The van der Waals surface area contributed by atoms with Gasteiger partial charge >= 0.3 is 5.97 Å². The van der Waals surface area contributed by atoms with Gasteiger partial charge in [0.15, 0.2) is 0 Å². The molecule has 1 N–H and O–H groups in total. The molecule has 0 aromatic heterocycles. The molecule has 0 fully saturated rings. The highest BCUT2D eigenvalue weighted by atomic mass is 16.5. The molecule has 1 aliphatic heterocycles. The van der Waals surface area contributed by atoms with Gasteiger partial charge < -0.3 is 15.0 Å². The van der Waals surface area contributed by atoms with Crippen molar-refractivity contribution in [3.05, 3.63) is 96.1 Å². The summed E-state index contributed by atoms with van der Waals surface area (Å²) in [5, 5.41) is 2.93. The summed E-state index contributed by atoms with van der Waals surface area (Å²) in [5.41, 5.74) is 3.56. The zero-order chi connectivity index (χ0) is 24.6. The zero-order valence-electron chi connectivity index (χ0n) is 19.7. The molecule has 1 unspecified atom stereocenters. The summed E-state index contributed by atoms with van der Waals surface area (Å²) in [4.78, 5) is 42.2. The minimum absolute atomic E-state index is 0.212. The van der Waals surface area contributed by atoms with Gasteiger partial charge in [-0.1, -0.05) is 72.8 Å². The highest BCUT2D eigenvalue weighted by Crippen LogP contribution is 2.33. The summed E-state index contributed by atoms with van der Waals surface area (Å²) < 4.78 is 4.85. The molecule has 2 amide bonds. The average molecular weight is 472 g/mol. The van der Waals surface area contributed by atoms with E-state index in [0.29, 0.717) is 18.7 Å². The van der Waals surface area contributed by atoms with E-state index in [1.807, 2.05) is 84.9 Å². The van der Waals surface area contributed by atoms with Crippen molar-refractivity contribution in [2.24, 2.45) is 0 Å². The molecule has 0 bridgehead atoms. The summed E-state index contributed by atoms with van der Waals surface area (Å²) in [5.74, 6) is -1.08. The molecule has 0 aliphatic carbocycles. The number of carbonyl (C=O) groups excluding carboxylic acids is 3. The Balaban J connectivity index is 1.60. The number of amides is 2. The molecule has 3 aromatic rings. The molecule has 35 heavy (non-hydrogen) atoms. The number of hydrogen-bond acceptors (Lipinski definition) is 5. The lowest BCUT2D eigenvalue weighted by Crippen LogP contribution is -2.53. The van der Waals surface area contributed by atoms with Crippen molar-refractivity contribution >= 4 is 29.2 Å². The van der Waals surface area contributed by atoms with Gasteiger partial charge in [0.1, 0.15) is 12.6 Å². The number of fused-ring (bicyclic) bond motifs is 1. The van der Waals surface area contributed by atoms with Crippen LogP contribution in [0.25, 0.3) is 0 Å². The van der Waals surface area contributed by atoms with Gasteiger partial charge in [-0.25, -0.2) is 0 Å². The van der Waals surface area contributed by atoms with Crippen LogP contribution in [0.2, 0.25) is 0 Å². The number of aryl methyl sites for hydroxylation is 1. The van der Waals surface area contributed by atoms with Gasteiger partial charge in [-0.05, 0) is 29.7 Å². The van der Waals surface area contributed by atoms with Crippen LogP contribution in [-0.4, -0.2) is 44.0 Å². The first-order valence-corrected chi connectivity index (χ1v) is 11.6. The molecular weight excluding hydrogens is 442 g/mol. The maximum absolute atomic E-state index is 13.6. The molecular formula is C28H29N3O4. The van der Waals surface area contributed by atoms with E-state index in [2.05, 4.69) is 10.2 Å². The number of benzene rings is 3. The number of nitrogens with zero attached hydrogens (tertiary/aromatic N) is 2. The van der Waals surface area contributed by atoms with Crippen molar-refractivity contribution in [3.8, 4) is 0 Å². The Morgan fingerprint density at radius 2 is 1.49 bits per heavy atom. The Bertz CT molecular complexity index is 1170. The third-order valence-corrected chi connectivity index (χ3v) is 6.03. The number of methoxy groups -OCH3 is 1. The van der Waals surface area contributed by atoms with Gasteiger partial charge in [-0.15, -0.1) is 0 Å². The molecule has 0 spiro atoms. The number of ether oxygens (including phenoxy) is 1. The second-order valence-corrected chi connectivity index (χ2v) is 8.46. The van der Waals surface area contributed by atoms with Gasteiger partial charge in [0.25, 0.3) is 5.91 Å². The topological polar surface area (TPSA) is 79.0 Å². The van der Waals surface area contributed by atoms with Crippen LogP contribution in [0.4, 0.5) is 11.4 Å². The number of hydrogen-bond donors (Lipinski definition) is 1. The standard InChI is InChI=1S/C28H29N3O4/c1-35-27(33)20-31-25-15-9-8-14-24(25)30(18-22-12-6-3-7-13-22)19-23(28(31)34)29-26(32)17-16-21-10-4-2-5-11-21/h2-15,23H,16-20H2,1H3,(H,29,32). The lowest BCUT2D eigenvalue weighted by atomic mass is 10.1. The highest BCUT2D eigenvalue weighted by Gasteiger charge is 2.35. The van der Waals surface area contributed by atoms with Crippen LogP contribution >= 0.6 is 0 Å². The Labute approximate surface area is 205 Å². The average Bonchev–Trinajstić information content (AvgIpc) is 2.99. The summed E-state index contributed by atoms with van der Waals surface area (Å²) in [6, 6.07) is 26.3. The molecule has 7 heteroatoms. The summed E-state index contributed by atoms with van der Waals surface area (Å²) in [7, 11) is 1.29. The fourth-order valence-electron chi connectivity index (χ4n) is 4.25. The van der Waals surface area contributed by atoms with Gasteiger partial charge in [-0.3, -0.25) is 19.3 Å². The molecule has 1 aliphatic rings. The quantitative estimate of drug-likeness (QED) is 0.510. The van der Waals surface area contributed by atoms with Crippen molar-refractivity contribution in [2.75, 3.05) is 30.0 Å². The first-order valence-electron chi connectivity index (χ1n) is 11.6. The second-order valence-electron chi connectivity index (χ2n) is 8.46. The Morgan fingerprint density at radius 1 is 0.886 bits per heavy atom. The summed E-state index contributed by atoms with van der Waals surface area (Å²) in [6.07, 6.45) is 0.837. The van der Waals surface area contributed by atoms with E-state index in [0.717, 1.165) is 16.8 Å². The van der Waals surface area contributed by atoms with E-state index >= 15 is 0 Å². The molecule has 3 aromatic carbocycles. The van der Waals surface area contributed by atoms with Crippen LogP contribution in [0.5, 0.6) is 0 Å². The van der Waals surface area contributed by atoms with E-state index in [4.69, 9.17) is 4.74 Å². The van der Waals surface area contributed by atoms with Crippen LogP contribution in [0.3, 0.4) is 0 Å². The van der Waals surface area contributed by atoms with E-state index < -0.39 is 12.0 Å². The van der Waals surface area contributed by atoms with Crippen LogP contribution in [0.1, 0.15) is 17.5 Å². The molecule has 7 nitrogen and oxygen atoms in total. The maximum Gasteiger partial charge on any atom is 0.325 e. The number of nitrogens with one attached hydrogen (secondary N) is 1. The number of para-hydroxylation sites is 2. The molecule has 1 atom stereocenters. The molecule has 4 rings (SSSR count). The molecule has 0 saturated carbocycles. The molecule has 180 valence electrons. The third-order valence-electron chi connectivity index (χ3n) is 6.03. The first kappa shape index (κ1) is 24.0. The van der Waals surface area contributed by atoms with Crippen molar-refractivity contribution < 1.29 is 19.1 Å². The number of esters is 1. The van der Waals surface area contributed by atoms with Crippen LogP contribution < -0.4 is 15.1 Å². The zero-order valence-corrected chi connectivity index (χ0v) is 19.7. The van der Waals surface area contributed by atoms with Gasteiger partial charge in [0.2, 0.25) is 5.91 Å². The fraction of sp³-hybridized carbons (Fsp3) is 0.250. The molecule has 1 heterocycles. The van der Waals surface area contributed by atoms with Crippen molar-refractivity contribution in [3.63, 3.8) is 0 Å². The number of carbonyl (C=O) groups is 3. The lowest BCUT2D eigenvalue weighted by molar-refractivity contribution is -0.140. The van der Waals surface area contributed by atoms with Gasteiger partial charge in [0, 0.05) is 19.5 Å². The predicted octanol–water partition coefficient (Wildman–Crippen LogP) is 3.33. The highest BCUT2D eigenvalue weighted by molar-refractivity contribution is 6.06. The SMILES string of the molecule is COC(=O)CN1C(=O)C(NC(=O)CCc2ccccc2)CN(Cc2ccccc2)c2ccccc21. The number of rotatable bonds is 8. The van der Waals surface area contributed by atoms with Gasteiger partial charge in [-0.2, -0.15) is 0 Å². The van der Waals surface area contributed by atoms with Crippen molar-refractivity contribution in [2.45, 2.75) is 25.4 Å². The smallest absolute Gasteiger partial charge is 0.325 e. The first-order chi connectivity index (χ1) is 17.0. The monoisotopic (exact) mass is 471 g/mol. The van der Waals surface area contributed by atoms with Gasteiger partial charge in [0.05, 0.1) is 18.5 Å². The second kappa shape index (κ2) is 11.3. The predicted molar refractivity (Wildman–Crippen MR) is 135 cm³/mol. The Morgan fingerprint density at radius 3 is 2.14 bits per heavy atom. The minimum Gasteiger partial charge on any atom is -0.468 e. The van der Waals surface area contributed by atoms with Crippen LogP contribution in [0.15, 0.2) is 84.9 Å². The Kier molecular flexibility index (Phi) is 7.77. The van der Waals surface area contributed by atoms with E-state index in [1.165, 1.54) is 12.0 Å². The lowest BCUT2D eigenvalue weighted by Gasteiger charge is -2.27. The van der Waals surface area contributed by atoms with Crippen LogP contribution in [0, 0.1) is 0 Å². The van der Waals surface area contributed by atoms with Crippen molar-refractivity contribution in [1.82, 2.24) is 5.32 Å². The van der Waals surface area contributed by atoms with Crippen molar-refractivity contribution in [1.29, 1.82) is 0 Å². The van der Waals surface area contributed by atoms with E-state index in [9.17, 15) is 14.4 Å². The summed E-state index contributed by atoms with van der Waals surface area (Å²) in [6.45, 7) is 0.592. The van der Waals surface area contributed by atoms with E-state index in [-0.39, 0.29) is 31.3 Å². The normalized spacial score (nSPS) is 15.2. The Hall–Kier alpha value is -4.13. The summed E-state index contributed by atoms with van der Waals surface area (Å²) >= 11 is 0. The largest absolute Gasteiger partial charge is 0.468 e. The number of anilines is 2. The molecule has 0 radical (unpaired) electrons. The third kappa shape index (κ3) is 6.06.